The monoisotopic (exact) mass is 863 g/mol. The summed E-state index contributed by atoms with van der Waals surface area (Å²) in [5, 5.41) is 21.0. The van der Waals surface area contributed by atoms with Crippen molar-refractivity contribution in [3.8, 4) is 0 Å². The van der Waals surface area contributed by atoms with Crippen LogP contribution >= 0.6 is 0 Å². The van der Waals surface area contributed by atoms with E-state index in [1.807, 2.05) is 0 Å². The number of hydrogen-bond donors (Lipinski definition) is 2. The van der Waals surface area contributed by atoms with Crippen LogP contribution in [0.2, 0.25) is 0 Å². The molecule has 0 aliphatic heterocycles. The summed E-state index contributed by atoms with van der Waals surface area (Å²) in [5.41, 5.74) is -1.01. The van der Waals surface area contributed by atoms with Crippen molar-refractivity contribution in [2.45, 2.75) is 305 Å². The maximum atomic E-state index is 12.7. The first kappa shape index (κ1) is 59.9. The Balaban J connectivity index is 4.70. The molecule has 0 saturated carbocycles. The second-order valence-electron chi connectivity index (χ2n) is 20.5. The maximum Gasteiger partial charge on any atom is 0.309 e. The Labute approximate surface area is 382 Å². The molecular weight excluding hydrogens is 753 g/mol. The lowest BCUT2D eigenvalue weighted by atomic mass is 9.74. The van der Waals surface area contributed by atoms with Crippen LogP contribution in [0.5, 0.6) is 0 Å². The van der Waals surface area contributed by atoms with Crippen molar-refractivity contribution in [2.75, 3.05) is 26.2 Å². The fraction of sp³-hybridized carbons (Fsp3) is 0.964. The minimum Gasteiger partial charge on any atom is -0.481 e. The van der Waals surface area contributed by atoms with Gasteiger partial charge in [0.05, 0.1) is 10.8 Å². The van der Waals surface area contributed by atoms with Crippen LogP contribution in [-0.4, -0.2) is 70.2 Å². The van der Waals surface area contributed by atoms with Crippen molar-refractivity contribution in [2.24, 2.45) is 10.8 Å². The third-order valence-corrected chi connectivity index (χ3v) is 14.5. The Morgan fingerprint density at radius 2 is 0.525 bits per heavy atom. The van der Waals surface area contributed by atoms with E-state index in [-0.39, 0.29) is 0 Å². The van der Waals surface area contributed by atoms with Crippen LogP contribution in [0.4, 0.5) is 0 Å². The third-order valence-electron chi connectivity index (χ3n) is 14.5. The van der Waals surface area contributed by atoms with Crippen molar-refractivity contribution in [1.82, 2.24) is 9.80 Å². The average Bonchev–Trinajstić information content (AvgIpc) is 3.23. The molecule has 0 amide bonds. The summed E-state index contributed by atoms with van der Waals surface area (Å²) in [6.07, 6.45) is 42.2. The lowest BCUT2D eigenvalue weighted by Crippen LogP contribution is -2.37. The van der Waals surface area contributed by atoms with Crippen molar-refractivity contribution in [3.05, 3.63) is 0 Å². The third kappa shape index (κ3) is 30.6. The van der Waals surface area contributed by atoms with E-state index in [9.17, 15) is 19.8 Å². The number of rotatable bonds is 48. The van der Waals surface area contributed by atoms with Gasteiger partial charge in [-0.15, -0.1) is 0 Å². The smallest absolute Gasteiger partial charge is 0.309 e. The van der Waals surface area contributed by atoms with Gasteiger partial charge in [0.1, 0.15) is 0 Å². The van der Waals surface area contributed by atoms with E-state index in [0.29, 0.717) is 12.1 Å². The van der Waals surface area contributed by atoms with Gasteiger partial charge in [0.2, 0.25) is 0 Å². The minimum absolute atomic E-state index is 0.506. The summed E-state index contributed by atoms with van der Waals surface area (Å²) in [5.74, 6) is -1.06. The summed E-state index contributed by atoms with van der Waals surface area (Å²) in [4.78, 5) is 30.8. The SMILES string of the molecule is CCCCCCCCC(CCCCCC)(CCCCCCCN(CCCN(CCCCCCCC(CCCCCC)(CCCCCCCC)C(=O)O)C(C)C)C(C)C)C(=O)O. The molecule has 0 fully saturated rings. The molecule has 0 aliphatic rings. The van der Waals surface area contributed by atoms with Crippen molar-refractivity contribution >= 4 is 11.9 Å². The minimum atomic E-state index is -0.529. The van der Waals surface area contributed by atoms with Gasteiger partial charge in [-0.25, -0.2) is 0 Å². The Morgan fingerprint density at radius 3 is 0.754 bits per heavy atom. The lowest BCUT2D eigenvalue weighted by molar-refractivity contribution is -0.151. The van der Waals surface area contributed by atoms with Gasteiger partial charge >= 0.3 is 11.9 Å². The van der Waals surface area contributed by atoms with E-state index < -0.39 is 22.8 Å². The van der Waals surface area contributed by atoms with Crippen LogP contribution < -0.4 is 0 Å². The molecule has 0 aromatic heterocycles. The standard InChI is InChI=1S/C55H110N2O4/c1-9-13-17-21-25-33-42-54(52(58)59,40-31-19-15-11-3)44-35-27-23-29-37-46-56(50(5)6)48-39-49-57(51(7)8)47-38-30-24-28-36-45-55(53(60)61,41-32-20-16-12-4)43-34-26-22-18-14-10-2/h50-51H,9-49H2,1-8H3,(H,58,59)(H,60,61). The van der Waals surface area contributed by atoms with E-state index >= 15 is 0 Å². The summed E-state index contributed by atoms with van der Waals surface area (Å²) < 4.78 is 0. The first-order chi connectivity index (χ1) is 29.4. The highest BCUT2D eigenvalue weighted by atomic mass is 16.4. The van der Waals surface area contributed by atoms with E-state index in [1.54, 1.807) is 0 Å². The van der Waals surface area contributed by atoms with E-state index in [1.165, 1.54) is 148 Å². The number of nitrogens with zero attached hydrogens (tertiary/aromatic N) is 2. The summed E-state index contributed by atoms with van der Waals surface area (Å²) in [6, 6.07) is 1.11. The number of carbonyl (C=O) groups is 2. The van der Waals surface area contributed by atoms with Crippen LogP contribution in [0.1, 0.15) is 293 Å². The molecule has 0 radical (unpaired) electrons. The zero-order chi connectivity index (χ0) is 45.5. The van der Waals surface area contributed by atoms with Gasteiger partial charge in [-0.1, -0.05) is 207 Å². The van der Waals surface area contributed by atoms with Crippen LogP contribution in [0.3, 0.4) is 0 Å². The average molecular weight is 863 g/mol. The number of hydrogen-bond acceptors (Lipinski definition) is 4. The van der Waals surface area contributed by atoms with Crippen LogP contribution in [-0.2, 0) is 9.59 Å². The van der Waals surface area contributed by atoms with Gasteiger partial charge < -0.3 is 20.0 Å². The topological polar surface area (TPSA) is 81.1 Å². The van der Waals surface area contributed by atoms with Crippen LogP contribution in [0.15, 0.2) is 0 Å². The normalized spacial score (nSPS) is 14.1. The Bertz CT molecular complexity index is 911. The molecule has 0 spiro atoms. The second kappa shape index (κ2) is 40.4. The fourth-order valence-electron chi connectivity index (χ4n) is 10.0. The quantitative estimate of drug-likeness (QED) is 0.0593. The molecular formula is C55H110N2O4. The molecule has 6 heteroatoms. The molecule has 6 nitrogen and oxygen atoms in total. The highest BCUT2D eigenvalue weighted by molar-refractivity contribution is 5.75. The van der Waals surface area contributed by atoms with Gasteiger partial charge in [-0.3, -0.25) is 9.59 Å². The van der Waals surface area contributed by atoms with Crippen LogP contribution in [0.25, 0.3) is 0 Å². The van der Waals surface area contributed by atoms with Gasteiger partial charge in [0.15, 0.2) is 0 Å². The molecule has 0 aromatic carbocycles. The largest absolute Gasteiger partial charge is 0.481 e. The second-order valence-corrected chi connectivity index (χ2v) is 20.5. The van der Waals surface area contributed by atoms with Gasteiger partial charge in [-0.2, -0.15) is 0 Å². The number of aliphatic carboxylic acids is 2. The molecule has 2 atom stereocenters. The zero-order valence-electron chi connectivity index (χ0n) is 42.8. The van der Waals surface area contributed by atoms with Crippen molar-refractivity contribution in [1.29, 1.82) is 0 Å². The summed E-state index contributed by atoms with van der Waals surface area (Å²) in [7, 11) is 0. The van der Waals surface area contributed by atoms with Gasteiger partial charge in [0.25, 0.3) is 0 Å². The molecule has 0 heterocycles. The molecule has 0 aliphatic carbocycles. The lowest BCUT2D eigenvalue weighted by Gasteiger charge is -2.30. The summed E-state index contributed by atoms with van der Waals surface area (Å²) >= 11 is 0. The molecule has 61 heavy (non-hydrogen) atoms. The molecule has 0 aromatic rings. The zero-order valence-corrected chi connectivity index (χ0v) is 42.8. The Morgan fingerprint density at radius 1 is 0.328 bits per heavy atom. The van der Waals surface area contributed by atoms with Crippen molar-refractivity contribution in [3.63, 3.8) is 0 Å². The van der Waals surface area contributed by atoms with Crippen molar-refractivity contribution < 1.29 is 19.8 Å². The first-order valence-corrected chi connectivity index (χ1v) is 27.4. The molecule has 364 valence electrons. The maximum absolute atomic E-state index is 12.7. The predicted octanol–water partition coefficient (Wildman–Crippen LogP) is 17.1. The van der Waals surface area contributed by atoms with Gasteiger partial charge in [0, 0.05) is 12.1 Å². The van der Waals surface area contributed by atoms with Gasteiger partial charge in [-0.05, 0) is 112 Å². The first-order valence-electron chi connectivity index (χ1n) is 27.4. The van der Waals surface area contributed by atoms with E-state index in [4.69, 9.17) is 0 Å². The molecule has 0 rings (SSSR count). The fourth-order valence-corrected chi connectivity index (χ4v) is 10.0. The molecule has 2 N–H and O–H groups in total. The molecule has 0 saturated heterocycles. The number of carboxylic acid groups (broad SMARTS) is 2. The van der Waals surface area contributed by atoms with E-state index in [0.717, 1.165) is 116 Å². The Hall–Kier alpha value is -1.14. The van der Waals surface area contributed by atoms with Crippen LogP contribution in [0, 0.1) is 10.8 Å². The summed E-state index contributed by atoms with van der Waals surface area (Å²) in [6.45, 7) is 23.0. The van der Waals surface area contributed by atoms with E-state index in [2.05, 4.69) is 65.2 Å². The molecule has 2 unspecified atom stereocenters. The molecule has 0 bridgehead atoms. The number of unbranched alkanes of at least 4 members (excludes halogenated alkanes) is 24. The number of carboxylic acids is 2. The predicted molar refractivity (Wildman–Crippen MR) is 267 cm³/mol. The Kier molecular flexibility index (Phi) is 39.6. The highest BCUT2D eigenvalue weighted by Crippen LogP contribution is 2.39. The highest BCUT2D eigenvalue weighted by Gasteiger charge is 2.37.